The highest BCUT2D eigenvalue weighted by Crippen LogP contribution is 2.49. The maximum Gasteiger partial charge on any atom is 0.407 e. The molecule has 5 rings (SSSR count). The van der Waals surface area contributed by atoms with Crippen LogP contribution < -0.4 is 9.84 Å². The van der Waals surface area contributed by atoms with Gasteiger partial charge in [-0.2, -0.15) is 0 Å². The first kappa shape index (κ1) is 40.5. The van der Waals surface area contributed by atoms with Gasteiger partial charge in [-0.25, -0.2) is 9.36 Å². The molecule has 1 aliphatic heterocycles. The number of esters is 1. The van der Waals surface area contributed by atoms with Crippen LogP contribution in [0.3, 0.4) is 0 Å². The molecule has 0 saturated carbocycles. The third-order valence-corrected chi connectivity index (χ3v) is 11.0. The Kier molecular flexibility index (Phi) is 11.6. The maximum absolute atomic E-state index is 13.8. The second kappa shape index (κ2) is 15.2. The number of benzene rings is 3. The largest absolute Gasteiger partial charge is 0.462 e. The molecule has 1 aliphatic carbocycles. The van der Waals surface area contributed by atoms with Crippen LogP contribution in [0, 0.1) is 5.41 Å². The van der Waals surface area contributed by atoms with Gasteiger partial charge in [0.25, 0.3) is 0 Å². The molecule has 0 aromatic heterocycles. The van der Waals surface area contributed by atoms with Crippen LogP contribution in [0.4, 0.5) is 4.79 Å². The maximum atomic E-state index is 13.8. The minimum absolute atomic E-state index is 0.0696. The second-order valence-corrected chi connectivity index (χ2v) is 19.3. The van der Waals surface area contributed by atoms with E-state index in [1.807, 2.05) is 0 Å². The van der Waals surface area contributed by atoms with E-state index in [0.717, 1.165) is 22.3 Å². The fourth-order valence-corrected chi connectivity index (χ4v) is 7.93. The normalized spacial score (nSPS) is 21.4. The summed E-state index contributed by atoms with van der Waals surface area (Å²) in [6.07, 6.45) is -3.19. The molecule has 0 spiro atoms. The summed E-state index contributed by atoms with van der Waals surface area (Å²) in [5.41, 5.74) is 6.64. The van der Waals surface area contributed by atoms with Crippen molar-refractivity contribution in [2.75, 3.05) is 19.9 Å². The van der Waals surface area contributed by atoms with E-state index >= 15 is 0 Å². The number of alkyl carbamates (subject to hydrolysis) is 1. The predicted molar refractivity (Wildman–Crippen MR) is 206 cm³/mol. The summed E-state index contributed by atoms with van der Waals surface area (Å²) in [5.74, 6) is -0.351. The van der Waals surface area contributed by atoms with Crippen molar-refractivity contribution < 1.29 is 42.5 Å². The number of carbonyl (C=O) groups excluding carboxylic acids is 2. The summed E-state index contributed by atoms with van der Waals surface area (Å²) in [5, 5.41) is 12.3. The fourth-order valence-electron chi connectivity index (χ4n) is 6.68. The smallest absolute Gasteiger partial charge is 0.407 e. The number of ether oxygens (including phenoxy) is 3. The molecule has 3 aromatic carbocycles. The van der Waals surface area contributed by atoms with Crippen molar-refractivity contribution in [3.05, 3.63) is 88.5 Å². The monoisotopic (exact) mass is 749 g/mol. The number of hydrogen-bond acceptors (Lipinski definition) is 9. The van der Waals surface area contributed by atoms with Crippen LogP contribution in [0.25, 0.3) is 11.1 Å². The first-order valence-electron chi connectivity index (χ1n) is 18.3. The molecule has 11 heteroatoms. The van der Waals surface area contributed by atoms with Crippen LogP contribution in [0.1, 0.15) is 103 Å². The second-order valence-electron chi connectivity index (χ2n) is 17.4. The standard InChI is InChI=1S/C42H56NO9P/c1-25-36(37(35(50-25)24-48-38(45)42(8,9)10)52-53(11,47)51-29-16-12-26(22-44)13-17-29)43-39(46)49-23-34-32-20-27(40(2,3)4)14-18-30(32)31-19-15-28(21-33(31)34)41(5,6)7/h12-21,25,34-37,44H,22-24H2,1-11H3,(H,43,46)/t25-,35+,36?,37?,53?/m0/s1. The molecule has 1 saturated heterocycles. The number of amides is 1. The minimum atomic E-state index is -3.83. The molecule has 2 N–H and O–H groups in total. The number of aliphatic hydroxyl groups excluding tert-OH is 1. The van der Waals surface area contributed by atoms with E-state index < -0.39 is 49.4 Å². The Morgan fingerprint density at radius 1 is 0.811 bits per heavy atom. The van der Waals surface area contributed by atoms with Gasteiger partial charge in [0.1, 0.15) is 31.2 Å². The molecule has 288 valence electrons. The summed E-state index contributed by atoms with van der Waals surface area (Å²) in [4.78, 5) is 26.4. The quantitative estimate of drug-likeness (QED) is 0.155. The topological polar surface area (TPSA) is 130 Å². The molecule has 1 fully saturated rings. The SMILES string of the molecule is C[C@@H]1O[C@H](COC(=O)C(C)(C)C)C(OP(C)(=O)Oc2ccc(CO)cc2)C1NC(=O)OCC1c2cc(C(C)(C)C)ccc2-c2ccc(C(C)(C)C)cc21. The Balaban J connectivity index is 1.37. The molecule has 10 nitrogen and oxygen atoms in total. The van der Waals surface area contributed by atoms with Gasteiger partial charge in [0.05, 0.1) is 24.2 Å². The van der Waals surface area contributed by atoms with Crippen LogP contribution in [0.15, 0.2) is 60.7 Å². The van der Waals surface area contributed by atoms with Gasteiger partial charge in [0, 0.05) is 12.6 Å². The summed E-state index contributed by atoms with van der Waals surface area (Å²) >= 11 is 0. The van der Waals surface area contributed by atoms with Crippen molar-refractivity contribution in [3.63, 3.8) is 0 Å². The molecule has 1 amide bonds. The number of hydrogen-bond donors (Lipinski definition) is 2. The summed E-state index contributed by atoms with van der Waals surface area (Å²) in [7, 11) is -3.83. The molecule has 2 aliphatic rings. The van der Waals surface area contributed by atoms with E-state index in [0.29, 0.717) is 5.56 Å². The van der Waals surface area contributed by atoms with E-state index in [-0.39, 0.29) is 42.3 Å². The summed E-state index contributed by atoms with van der Waals surface area (Å²) < 4.78 is 43.5. The number of rotatable bonds is 10. The van der Waals surface area contributed by atoms with Crippen molar-refractivity contribution in [1.29, 1.82) is 0 Å². The Bertz CT molecular complexity index is 1790. The molecular weight excluding hydrogens is 693 g/mol. The Morgan fingerprint density at radius 3 is 1.85 bits per heavy atom. The number of fused-ring (bicyclic) bond motifs is 3. The highest BCUT2D eigenvalue weighted by Gasteiger charge is 2.48. The van der Waals surface area contributed by atoms with E-state index in [4.69, 9.17) is 23.3 Å². The zero-order chi connectivity index (χ0) is 39.1. The lowest BCUT2D eigenvalue weighted by atomic mass is 9.83. The minimum Gasteiger partial charge on any atom is -0.462 e. The van der Waals surface area contributed by atoms with Crippen molar-refractivity contribution in [1.82, 2.24) is 5.32 Å². The third kappa shape index (κ3) is 9.52. The van der Waals surface area contributed by atoms with Gasteiger partial charge in [-0.15, -0.1) is 0 Å². The summed E-state index contributed by atoms with van der Waals surface area (Å²) in [6, 6.07) is 18.8. The summed E-state index contributed by atoms with van der Waals surface area (Å²) in [6.45, 7) is 21.2. The lowest BCUT2D eigenvalue weighted by Crippen LogP contribution is -2.49. The lowest BCUT2D eigenvalue weighted by Gasteiger charge is -2.28. The van der Waals surface area contributed by atoms with Crippen molar-refractivity contribution in [2.45, 2.75) is 117 Å². The Labute approximate surface area is 314 Å². The fraction of sp³-hybridized carbons (Fsp3) is 0.524. The van der Waals surface area contributed by atoms with Gasteiger partial charge in [0.2, 0.25) is 0 Å². The first-order valence-corrected chi connectivity index (χ1v) is 20.3. The molecule has 5 atom stereocenters. The van der Waals surface area contributed by atoms with Crippen molar-refractivity contribution in [3.8, 4) is 16.9 Å². The van der Waals surface area contributed by atoms with Crippen molar-refractivity contribution >= 4 is 19.7 Å². The van der Waals surface area contributed by atoms with Gasteiger partial charge in [0.15, 0.2) is 0 Å². The molecular formula is C42H56NO9P. The average molecular weight is 750 g/mol. The average Bonchev–Trinajstić information content (AvgIpc) is 3.53. The van der Waals surface area contributed by atoms with Crippen LogP contribution in [0.5, 0.6) is 5.75 Å². The van der Waals surface area contributed by atoms with Gasteiger partial charge in [-0.1, -0.05) is 90.1 Å². The molecule has 3 aromatic rings. The molecule has 3 unspecified atom stereocenters. The first-order chi connectivity index (χ1) is 24.6. The molecule has 1 heterocycles. The number of carbonyl (C=O) groups is 2. The van der Waals surface area contributed by atoms with Gasteiger partial charge in [-0.3, -0.25) is 9.32 Å². The number of aliphatic hydroxyl groups is 1. The van der Waals surface area contributed by atoms with E-state index in [9.17, 15) is 19.3 Å². The van der Waals surface area contributed by atoms with E-state index in [2.05, 4.69) is 83.3 Å². The highest BCUT2D eigenvalue weighted by molar-refractivity contribution is 7.53. The third-order valence-electron chi connectivity index (χ3n) is 9.84. The van der Waals surface area contributed by atoms with E-state index in [1.54, 1.807) is 52.0 Å². The van der Waals surface area contributed by atoms with Gasteiger partial charge in [-0.05, 0) is 89.6 Å². The zero-order valence-electron chi connectivity index (χ0n) is 32.9. The van der Waals surface area contributed by atoms with E-state index in [1.165, 1.54) is 17.8 Å². The van der Waals surface area contributed by atoms with Gasteiger partial charge < -0.3 is 29.2 Å². The molecule has 0 bridgehead atoms. The van der Waals surface area contributed by atoms with Crippen LogP contribution in [-0.2, 0) is 45.5 Å². The van der Waals surface area contributed by atoms with Crippen molar-refractivity contribution in [2.24, 2.45) is 5.41 Å². The van der Waals surface area contributed by atoms with Gasteiger partial charge >= 0.3 is 19.7 Å². The highest BCUT2D eigenvalue weighted by atomic mass is 31.2. The lowest BCUT2D eigenvalue weighted by molar-refractivity contribution is -0.158. The predicted octanol–water partition coefficient (Wildman–Crippen LogP) is 8.64. The molecule has 53 heavy (non-hydrogen) atoms. The zero-order valence-corrected chi connectivity index (χ0v) is 33.8. The van der Waals surface area contributed by atoms with Crippen LogP contribution in [0.2, 0.25) is 0 Å². The number of nitrogens with one attached hydrogen (secondary N) is 1. The van der Waals surface area contributed by atoms with Crippen LogP contribution >= 0.6 is 7.60 Å². The Hall–Kier alpha value is -3.69. The Morgan fingerprint density at radius 2 is 1.36 bits per heavy atom. The van der Waals surface area contributed by atoms with Crippen LogP contribution in [-0.4, -0.2) is 61.4 Å². The molecule has 0 radical (unpaired) electrons.